The number of nitrogens with zero attached hydrogens (tertiary/aromatic N) is 1. The molecule has 21 heavy (non-hydrogen) atoms. The Kier molecular flexibility index (Phi) is 5.07. The summed E-state index contributed by atoms with van der Waals surface area (Å²) < 4.78 is 11.5. The van der Waals surface area contributed by atoms with Crippen molar-refractivity contribution < 1.29 is 9.47 Å². The van der Waals surface area contributed by atoms with Crippen molar-refractivity contribution in [2.24, 2.45) is 0 Å². The van der Waals surface area contributed by atoms with Crippen molar-refractivity contribution in [1.29, 1.82) is 0 Å². The predicted molar refractivity (Wildman–Crippen MR) is 88.3 cm³/mol. The van der Waals surface area contributed by atoms with E-state index in [1.807, 2.05) is 38.1 Å². The summed E-state index contributed by atoms with van der Waals surface area (Å²) in [5, 5.41) is 3.39. The molecule has 2 aromatic rings. The summed E-state index contributed by atoms with van der Waals surface area (Å²) in [6.07, 6.45) is 0. The molecule has 0 unspecified atom stereocenters. The number of anilines is 1. The van der Waals surface area contributed by atoms with Crippen LogP contribution in [0.4, 0.5) is 5.69 Å². The van der Waals surface area contributed by atoms with Crippen molar-refractivity contribution in [3.05, 3.63) is 45.7 Å². The second-order valence-electron chi connectivity index (χ2n) is 4.75. The number of aromatic nitrogens is 1. The monoisotopic (exact) mass is 350 g/mol. The summed E-state index contributed by atoms with van der Waals surface area (Å²) in [7, 11) is 3.26. The molecule has 5 heteroatoms. The number of pyridine rings is 1. The van der Waals surface area contributed by atoms with Crippen molar-refractivity contribution in [3.8, 4) is 11.5 Å². The van der Waals surface area contributed by atoms with E-state index in [0.717, 1.165) is 27.1 Å². The fourth-order valence-electron chi connectivity index (χ4n) is 2.14. The first-order valence-corrected chi connectivity index (χ1v) is 7.43. The molecule has 0 atom stereocenters. The van der Waals surface area contributed by atoms with Gasteiger partial charge in [-0.25, -0.2) is 0 Å². The lowest BCUT2D eigenvalue weighted by Gasteiger charge is -2.14. The van der Waals surface area contributed by atoms with E-state index < -0.39 is 0 Å². The second-order valence-corrected chi connectivity index (χ2v) is 5.61. The van der Waals surface area contributed by atoms with Crippen LogP contribution in [0.1, 0.15) is 17.0 Å². The van der Waals surface area contributed by atoms with Gasteiger partial charge in [0.15, 0.2) is 11.5 Å². The molecule has 4 nitrogen and oxygen atoms in total. The molecule has 0 bridgehead atoms. The van der Waals surface area contributed by atoms with Gasteiger partial charge in [-0.05, 0) is 59.6 Å². The molecule has 0 fully saturated rings. The highest BCUT2D eigenvalue weighted by molar-refractivity contribution is 9.10. The molecule has 1 aromatic heterocycles. The van der Waals surface area contributed by atoms with E-state index >= 15 is 0 Å². The van der Waals surface area contributed by atoms with Gasteiger partial charge in [0.25, 0.3) is 0 Å². The molecule has 0 saturated carbocycles. The molecule has 2 rings (SSSR count). The van der Waals surface area contributed by atoms with E-state index in [0.29, 0.717) is 18.0 Å². The highest BCUT2D eigenvalue weighted by Crippen LogP contribution is 2.36. The second kappa shape index (κ2) is 6.80. The van der Waals surface area contributed by atoms with Gasteiger partial charge in [-0.15, -0.1) is 0 Å². The fourth-order valence-corrected chi connectivity index (χ4v) is 2.80. The summed E-state index contributed by atoms with van der Waals surface area (Å²) in [4.78, 5) is 4.45. The van der Waals surface area contributed by atoms with Crippen LogP contribution < -0.4 is 14.8 Å². The minimum atomic E-state index is 0.685. The van der Waals surface area contributed by atoms with E-state index in [2.05, 4.69) is 26.2 Å². The van der Waals surface area contributed by atoms with Gasteiger partial charge in [-0.2, -0.15) is 0 Å². The molecule has 0 aliphatic heterocycles. The van der Waals surface area contributed by atoms with Gasteiger partial charge < -0.3 is 14.8 Å². The molecule has 1 N–H and O–H groups in total. The number of halogens is 1. The van der Waals surface area contributed by atoms with E-state index in [1.54, 1.807) is 14.2 Å². The quantitative estimate of drug-likeness (QED) is 0.881. The van der Waals surface area contributed by atoms with Crippen molar-refractivity contribution in [2.45, 2.75) is 20.4 Å². The van der Waals surface area contributed by atoms with E-state index in [4.69, 9.17) is 9.47 Å². The lowest BCUT2D eigenvalue weighted by Crippen LogP contribution is -2.03. The van der Waals surface area contributed by atoms with Crippen LogP contribution in [0.15, 0.2) is 28.7 Å². The number of methoxy groups -OCH3 is 2. The van der Waals surface area contributed by atoms with Gasteiger partial charge in [0.1, 0.15) is 0 Å². The van der Waals surface area contributed by atoms with Gasteiger partial charge in [-0.3, -0.25) is 4.98 Å². The van der Waals surface area contributed by atoms with Crippen LogP contribution in [0.3, 0.4) is 0 Å². The number of rotatable bonds is 5. The zero-order valence-corrected chi connectivity index (χ0v) is 14.2. The third-order valence-electron chi connectivity index (χ3n) is 3.20. The predicted octanol–water partition coefficient (Wildman–Crippen LogP) is 4.09. The maximum atomic E-state index is 5.35. The first-order valence-electron chi connectivity index (χ1n) is 6.63. The smallest absolute Gasteiger partial charge is 0.174 e. The number of hydrogen-bond acceptors (Lipinski definition) is 4. The van der Waals surface area contributed by atoms with Gasteiger partial charge in [0.2, 0.25) is 0 Å². The fraction of sp³-hybridized carbons (Fsp3) is 0.312. The standard InChI is InChI=1S/C16H19BrN2O2/c1-10-5-6-14(11(2)19-10)18-9-12-7-13(17)16(21-4)15(8-12)20-3/h5-8,18H,9H2,1-4H3. The molecular weight excluding hydrogens is 332 g/mol. The number of benzene rings is 1. The third kappa shape index (κ3) is 3.67. The summed E-state index contributed by atoms with van der Waals surface area (Å²) in [5.74, 6) is 1.41. The van der Waals surface area contributed by atoms with Crippen molar-refractivity contribution in [2.75, 3.05) is 19.5 Å². The van der Waals surface area contributed by atoms with Gasteiger partial charge in [0.05, 0.1) is 30.1 Å². The lowest BCUT2D eigenvalue weighted by atomic mass is 10.2. The Morgan fingerprint density at radius 1 is 1.14 bits per heavy atom. The topological polar surface area (TPSA) is 43.4 Å². The minimum absolute atomic E-state index is 0.685. The average Bonchev–Trinajstić information content (AvgIpc) is 2.45. The summed E-state index contributed by atoms with van der Waals surface area (Å²) >= 11 is 3.50. The van der Waals surface area contributed by atoms with Gasteiger partial charge >= 0.3 is 0 Å². The Morgan fingerprint density at radius 2 is 1.90 bits per heavy atom. The Morgan fingerprint density at radius 3 is 2.52 bits per heavy atom. The summed E-state index contributed by atoms with van der Waals surface area (Å²) in [5.41, 5.74) is 4.15. The molecule has 1 heterocycles. The van der Waals surface area contributed by atoms with E-state index in [-0.39, 0.29) is 0 Å². The van der Waals surface area contributed by atoms with Gasteiger partial charge in [-0.1, -0.05) is 0 Å². The van der Waals surface area contributed by atoms with Crippen LogP contribution in [0.5, 0.6) is 11.5 Å². The van der Waals surface area contributed by atoms with Gasteiger partial charge in [0, 0.05) is 12.2 Å². The molecule has 1 aromatic carbocycles. The Bertz CT molecular complexity index is 644. The van der Waals surface area contributed by atoms with Crippen LogP contribution in [-0.2, 0) is 6.54 Å². The Hall–Kier alpha value is -1.75. The third-order valence-corrected chi connectivity index (χ3v) is 3.79. The molecule has 112 valence electrons. The van der Waals surface area contributed by atoms with Crippen molar-refractivity contribution >= 4 is 21.6 Å². The summed E-state index contributed by atoms with van der Waals surface area (Å²) in [6.45, 7) is 4.67. The normalized spacial score (nSPS) is 10.3. The van der Waals surface area contributed by atoms with Crippen LogP contribution in [0.25, 0.3) is 0 Å². The minimum Gasteiger partial charge on any atom is -0.493 e. The van der Waals surface area contributed by atoms with Crippen LogP contribution in [0.2, 0.25) is 0 Å². The maximum absolute atomic E-state index is 5.35. The largest absolute Gasteiger partial charge is 0.493 e. The highest BCUT2D eigenvalue weighted by atomic mass is 79.9. The van der Waals surface area contributed by atoms with E-state index in [9.17, 15) is 0 Å². The molecule has 0 spiro atoms. The molecule has 0 aliphatic rings. The molecule has 0 aliphatic carbocycles. The molecule has 0 saturated heterocycles. The maximum Gasteiger partial charge on any atom is 0.174 e. The molecule has 0 radical (unpaired) electrons. The highest BCUT2D eigenvalue weighted by Gasteiger charge is 2.10. The number of ether oxygens (including phenoxy) is 2. The van der Waals surface area contributed by atoms with Crippen LogP contribution in [0, 0.1) is 13.8 Å². The lowest BCUT2D eigenvalue weighted by molar-refractivity contribution is 0.352. The average molecular weight is 351 g/mol. The van der Waals surface area contributed by atoms with Crippen molar-refractivity contribution in [1.82, 2.24) is 4.98 Å². The number of hydrogen-bond donors (Lipinski definition) is 1. The first kappa shape index (κ1) is 15.6. The zero-order chi connectivity index (χ0) is 15.4. The SMILES string of the molecule is COc1cc(CNc2ccc(C)nc2C)cc(Br)c1OC. The zero-order valence-electron chi connectivity index (χ0n) is 12.7. The molecular formula is C16H19BrN2O2. The number of nitrogens with one attached hydrogen (secondary N) is 1. The van der Waals surface area contributed by atoms with Crippen LogP contribution >= 0.6 is 15.9 Å². The summed E-state index contributed by atoms with van der Waals surface area (Å²) in [6, 6.07) is 8.03. The van der Waals surface area contributed by atoms with Crippen molar-refractivity contribution in [3.63, 3.8) is 0 Å². The Labute approximate surface area is 133 Å². The first-order chi connectivity index (χ1) is 10.0. The number of aryl methyl sites for hydroxylation is 2. The molecule has 0 amide bonds. The van der Waals surface area contributed by atoms with Crippen LogP contribution in [-0.4, -0.2) is 19.2 Å². The Balaban J connectivity index is 2.18. The van der Waals surface area contributed by atoms with E-state index in [1.165, 1.54) is 0 Å².